The van der Waals surface area contributed by atoms with Gasteiger partial charge in [0.05, 0.1) is 6.20 Å². The molecule has 1 saturated heterocycles. The van der Waals surface area contributed by atoms with Crippen LogP contribution >= 0.6 is 0 Å². The molecule has 0 radical (unpaired) electrons. The Bertz CT molecular complexity index is 299. The number of hydrogen-bond acceptors (Lipinski definition) is 3. The molecule has 14 heavy (non-hydrogen) atoms. The monoisotopic (exact) mass is 195 g/mol. The molecule has 0 aliphatic carbocycles. The largest absolute Gasteiger partial charge is 0.354 e. The minimum absolute atomic E-state index is 0.281. The molecular weight excluding hydrogens is 181 g/mol. The summed E-state index contributed by atoms with van der Waals surface area (Å²) in [5.41, 5.74) is 0. The summed E-state index contributed by atoms with van der Waals surface area (Å²) in [4.78, 5) is 6.23. The van der Waals surface area contributed by atoms with Crippen LogP contribution in [0, 0.1) is 5.82 Å². The molecular formula is C10H14FN3. The van der Waals surface area contributed by atoms with Crippen molar-refractivity contribution >= 4 is 5.82 Å². The van der Waals surface area contributed by atoms with Crippen LogP contribution in [0.25, 0.3) is 0 Å². The second-order valence-corrected chi connectivity index (χ2v) is 3.64. The standard InChI is InChI=1S/C10H14FN3/c1-8-7-14(5-4-12-8)10-3-2-9(11)6-13-10/h2-3,6,8,12H,4-5,7H2,1H3/t8-/m0/s1. The fourth-order valence-electron chi connectivity index (χ4n) is 1.70. The first-order chi connectivity index (χ1) is 6.75. The third kappa shape index (κ3) is 2.01. The van der Waals surface area contributed by atoms with E-state index in [1.54, 1.807) is 6.07 Å². The number of nitrogens with one attached hydrogen (secondary N) is 1. The minimum Gasteiger partial charge on any atom is -0.354 e. The molecule has 0 spiro atoms. The summed E-state index contributed by atoms with van der Waals surface area (Å²) in [5.74, 6) is 0.580. The van der Waals surface area contributed by atoms with E-state index in [1.807, 2.05) is 0 Å². The first-order valence-corrected chi connectivity index (χ1v) is 4.85. The molecule has 1 aromatic heterocycles. The van der Waals surface area contributed by atoms with E-state index in [9.17, 15) is 4.39 Å². The maximum absolute atomic E-state index is 12.6. The van der Waals surface area contributed by atoms with Gasteiger partial charge in [-0.2, -0.15) is 0 Å². The predicted molar refractivity (Wildman–Crippen MR) is 53.9 cm³/mol. The topological polar surface area (TPSA) is 28.2 Å². The van der Waals surface area contributed by atoms with Crippen molar-refractivity contribution in [2.45, 2.75) is 13.0 Å². The van der Waals surface area contributed by atoms with Crippen LogP contribution in [-0.2, 0) is 0 Å². The van der Waals surface area contributed by atoms with Crippen LogP contribution in [0.15, 0.2) is 18.3 Å². The third-order valence-corrected chi connectivity index (χ3v) is 2.40. The van der Waals surface area contributed by atoms with Gasteiger partial charge in [0.15, 0.2) is 0 Å². The van der Waals surface area contributed by atoms with Gasteiger partial charge in [0, 0.05) is 25.7 Å². The SMILES string of the molecule is C[C@H]1CN(c2ccc(F)cn2)CCN1. The van der Waals surface area contributed by atoms with E-state index in [0.29, 0.717) is 6.04 Å². The van der Waals surface area contributed by atoms with E-state index in [-0.39, 0.29) is 5.82 Å². The smallest absolute Gasteiger partial charge is 0.141 e. The van der Waals surface area contributed by atoms with Crippen molar-refractivity contribution in [2.24, 2.45) is 0 Å². The summed E-state index contributed by atoms with van der Waals surface area (Å²) < 4.78 is 12.6. The molecule has 1 N–H and O–H groups in total. The highest BCUT2D eigenvalue weighted by Crippen LogP contribution is 2.12. The number of halogens is 1. The Balaban J connectivity index is 2.10. The first-order valence-electron chi connectivity index (χ1n) is 4.85. The van der Waals surface area contributed by atoms with E-state index >= 15 is 0 Å². The molecule has 1 fully saturated rings. The Hall–Kier alpha value is -1.16. The number of hydrogen-bond donors (Lipinski definition) is 1. The van der Waals surface area contributed by atoms with Crippen molar-refractivity contribution in [1.82, 2.24) is 10.3 Å². The molecule has 0 bridgehead atoms. The van der Waals surface area contributed by atoms with E-state index < -0.39 is 0 Å². The normalized spacial score (nSPS) is 22.4. The summed E-state index contributed by atoms with van der Waals surface area (Å²) in [5, 5.41) is 3.35. The van der Waals surface area contributed by atoms with Gasteiger partial charge in [-0.15, -0.1) is 0 Å². The zero-order valence-corrected chi connectivity index (χ0v) is 8.20. The second-order valence-electron chi connectivity index (χ2n) is 3.64. The zero-order chi connectivity index (χ0) is 9.97. The fraction of sp³-hybridized carbons (Fsp3) is 0.500. The van der Waals surface area contributed by atoms with Crippen molar-refractivity contribution in [3.63, 3.8) is 0 Å². The number of nitrogens with zero attached hydrogens (tertiary/aromatic N) is 2. The van der Waals surface area contributed by atoms with Gasteiger partial charge in [-0.05, 0) is 19.1 Å². The lowest BCUT2D eigenvalue weighted by atomic mass is 10.2. The number of pyridine rings is 1. The van der Waals surface area contributed by atoms with E-state index in [0.717, 1.165) is 25.5 Å². The van der Waals surface area contributed by atoms with Gasteiger partial charge in [-0.25, -0.2) is 9.37 Å². The summed E-state index contributed by atoms with van der Waals surface area (Å²) in [6.45, 7) is 4.96. The van der Waals surface area contributed by atoms with Crippen molar-refractivity contribution in [3.05, 3.63) is 24.1 Å². The molecule has 2 rings (SSSR count). The lowest BCUT2D eigenvalue weighted by molar-refractivity contribution is 0.482. The molecule has 0 unspecified atom stereocenters. The maximum Gasteiger partial charge on any atom is 0.141 e. The molecule has 0 amide bonds. The maximum atomic E-state index is 12.6. The van der Waals surface area contributed by atoms with Crippen LogP contribution in [-0.4, -0.2) is 30.7 Å². The van der Waals surface area contributed by atoms with Crippen LogP contribution in [0.1, 0.15) is 6.92 Å². The van der Waals surface area contributed by atoms with Crippen LogP contribution in [0.4, 0.5) is 10.2 Å². The molecule has 2 heterocycles. The molecule has 0 saturated carbocycles. The summed E-state index contributed by atoms with van der Waals surface area (Å²) in [6.07, 6.45) is 1.27. The van der Waals surface area contributed by atoms with Crippen molar-refractivity contribution < 1.29 is 4.39 Å². The lowest BCUT2D eigenvalue weighted by Crippen LogP contribution is -2.49. The van der Waals surface area contributed by atoms with Crippen molar-refractivity contribution in [1.29, 1.82) is 0 Å². The minimum atomic E-state index is -0.281. The summed E-state index contributed by atoms with van der Waals surface area (Å²) in [6, 6.07) is 3.65. The van der Waals surface area contributed by atoms with Gasteiger partial charge in [-0.3, -0.25) is 0 Å². The van der Waals surface area contributed by atoms with E-state index in [1.165, 1.54) is 12.3 Å². The fourth-order valence-corrected chi connectivity index (χ4v) is 1.70. The Labute approximate surface area is 82.9 Å². The molecule has 1 aliphatic rings. The molecule has 0 aromatic carbocycles. The molecule has 3 nitrogen and oxygen atoms in total. The van der Waals surface area contributed by atoms with E-state index in [4.69, 9.17) is 0 Å². The van der Waals surface area contributed by atoms with Gasteiger partial charge < -0.3 is 10.2 Å². The Morgan fingerprint density at radius 1 is 1.57 bits per heavy atom. The number of aromatic nitrogens is 1. The number of anilines is 1. The zero-order valence-electron chi connectivity index (χ0n) is 8.20. The number of rotatable bonds is 1. The number of piperazine rings is 1. The Morgan fingerprint density at radius 3 is 3.07 bits per heavy atom. The molecule has 76 valence electrons. The van der Waals surface area contributed by atoms with Crippen LogP contribution in [0.5, 0.6) is 0 Å². The third-order valence-electron chi connectivity index (χ3n) is 2.40. The summed E-state index contributed by atoms with van der Waals surface area (Å²) >= 11 is 0. The van der Waals surface area contributed by atoms with Crippen LogP contribution in [0.3, 0.4) is 0 Å². The molecule has 1 aromatic rings. The van der Waals surface area contributed by atoms with Gasteiger partial charge in [0.25, 0.3) is 0 Å². The lowest BCUT2D eigenvalue weighted by Gasteiger charge is -2.32. The van der Waals surface area contributed by atoms with Crippen molar-refractivity contribution in [2.75, 3.05) is 24.5 Å². The van der Waals surface area contributed by atoms with Gasteiger partial charge in [0.1, 0.15) is 11.6 Å². The predicted octanol–water partition coefficient (Wildman–Crippen LogP) is 1.02. The van der Waals surface area contributed by atoms with Crippen LogP contribution < -0.4 is 10.2 Å². The molecule has 1 aliphatic heterocycles. The Morgan fingerprint density at radius 2 is 2.43 bits per heavy atom. The summed E-state index contributed by atoms with van der Waals surface area (Å²) in [7, 11) is 0. The average molecular weight is 195 g/mol. The first kappa shape index (κ1) is 9.40. The highest BCUT2D eigenvalue weighted by atomic mass is 19.1. The molecule has 1 atom stereocenters. The van der Waals surface area contributed by atoms with Crippen LogP contribution in [0.2, 0.25) is 0 Å². The quantitative estimate of drug-likeness (QED) is 0.725. The van der Waals surface area contributed by atoms with Gasteiger partial charge in [0.2, 0.25) is 0 Å². The molecule has 4 heteroatoms. The van der Waals surface area contributed by atoms with Gasteiger partial charge >= 0.3 is 0 Å². The highest BCUT2D eigenvalue weighted by molar-refractivity contribution is 5.38. The van der Waals surface area contributed by atoms with Crippen molar-refractivity contribution in [3.8, 4) is 0 Å². The highest BCUT2D eigenvalue weighted by Gasteiger charge is 2.16. The average Bonchev–Trinajstić information content (AvgIpc) is 2.19. The second kappa shape index (κ2) is 3.92. The van der Waals surface area contributed by atoms with E-state index in [2.05, 4.69) is 22.1 Å². The van der Waals surface area contributed by atoms with Gasteiger partial charge in [-0.1, -0.05) is 0 Å². The Kier molecular flexibility index (Phi) is 2.63.